The van der Waals surface area contributed by atoms with E-state index in [9.17, 15) is 0 Å². The van der Waals surface area contributed by atoms with Crippen LogP contribution in [-0.4, -0.2) is 63.8 Å². The van der Waals surface area contributed by atoms with Gasteiger partial charge in [0.05, 0.1) is 6.61 Å². The zero-order valence-electron chi connectivity index (χ0n) is 15.7. The topological polar surface area (TPSA) is 48.9 Å². The minimum atomic E-state index is 0.709. The van der Waals surface area contributed by atoms with E-state index in [-0.39, 0.29) is 0 Å². The van der Waals surface area contributed by atoms with Crippen LogP contribution < -0.4 is 10.6 Å². The predicted octanol–water partition coefficient (Wildman–Crippen LogP) is 2.34. The highest BCUT2D eigenvalue weighted by Crippen LogP contribution is 2.15. The first-order valence-corrected chi connectivity index (χ1v) is 9.36. The van der Waals surface area contributed by atoms with Gasteiger partial charge in [0.2, 0.25) is 0 Å². The van der Waals surface area contributed by atoms with Crippen LogP contribution in [0.25, 0.3) is 0 Å². The molecule has 0 amide bonds. The molecule has 0 aliphatic carbocycles. The Morgan fingerprint density at radius 1 is 1.17 bits per heavy atom. The number of nitrogens with one attached hydrogen (secondary N) is 2. The minimum Gasteiger partial charge on any atom is -0.380 e. The third kappa shape index (κ3) is 10.6. The van der Waals surface area contributed by atoms with Crippen LogP contribution in [0.15, 0.2) is 4.99 Å². The molecule has 1 heterocycles. The zero-order chi connectivity index (χ0) is 16.9. The SMILES string of the molecule is CN=C(NCCCN1CCC(C)CC1)NCCOCCC(C)C. The fraction of sp³-hybridized carbons (Fsp3) is 0.944. The first-order chi connectivity index (χ1) is 11.1. The fourth-order valence-corrected chi connectivity index (χ4v) is 2.68. The van der Waals surface area contributed by atoms with Crippen LogP contribution in [-0.2, 0) is 4.74 Å². The number of likely N-dealkylation sites (tertiary alicyclic amines) is 1. The number of aliphatic imine (C=N–C) groups is 1. The Morgan fingerprint density at radius 2 is 1.87 bits per heavy atom. The molecule has 0 aromatic rings. The molecule has 0 unspecified atom stereocenters. The largest absolute Gasteiger partial charge is 0.380 e. The lowest BCUT2D eigenvalue weighted by molar-refractivity contribution is 0.128. The second-order valence-corrected chi connectivity index (χ2v) is 7.10. The van der Waals surface area contributed by atoms with Gasteiger partial charge in [-0.1, -0.05) is 20.8 Å². The molecule has 1 saturated heterocycles. The Bertz CT molecular complexity index is 312. The molecule has 1 rings (SSSR count). The van der Waals surface area contributed by atoms with Crippen molar-refractivity contribution in [2.75, 3.05) is 53.0 Å². The maximum absolute atomic E-state index is 5.60. The number of hydrogen-bond acceptors (Lipinski definition) is 3. The molecule has 1 aliphatic heterocycles. The molecule has 0 aromatic carbocycles. The molecule has 0 aromatic heterocycles. The minimum absolute atomic E-state index is 0.709. The number of ether oxygens (including phenoxy) is 1. The van der Waals surface area contributed by atoms with Crippen molar-refractivity contribution in [3.8, 4) is 0 Å². The molecule has 23 heavy (non-hydrogen) atoms. The van der Waals surface area contributed by atoms with Crippen LogP contribution >= 0.6 is 0 Å². The first-order valence-electron chi connectivity index (χ1n) is 9.36. The summed E-state index contributed by atoms with van der Waals surface area (Å²) in [7, 11) is 1.82. The van der Waals surface area contributed by atoms with Crippen LogP contribution in [0, 0.1) is 11.8 Å². The van der Waals surface area contributed by atoms with Gasteiger partial charge in [-0.05, 0) is 57.2 Å². The molecule has 0 atom stereocenters. The van der Waals surface area contributed by atoms with Gasteiger partial charge in [-0.25, -0.2) is 0 Å². The van der Waals surface area contributed by atoms with E-state index in [1.807, 2.05) is 7.05 Å². The van der Waals surface area contributed by atoms with Crippen LogP contribution in [0.3, 0.4) is 0 Å². The summed E-state index contributed by atoms with van der Waals surface area (Å²) in [6.07, 6.45) is 5.00. The highest BCUT2D eigenvalue weighted by molar-refractivity contribution is 5.79. The molecule has 136 valence electrons. The molecule has 5 heteroatoms. The molecule has 0 bridgehead atoms. The van der Waals surface area contributed by atoms with Crippen molar-refractivity contribution in [2.24, 2.45) is 16.8 Å². The maximum atomic E-state index is 5.60. The van der Waals surface area contributed by atoms with E-state index in [0.717, 1.165) is 44.6 Å². The van der Waals surface area contributed by atoms with E-state index in [0.29, 0.717) is 5.92 Å². The third-order valence-corrected chi connectivity index (χ3v) is 4.42. The van der Waals surface area contributed by atoms with Crippen LogP contribution in [0.1, 0.15) is 46.5 Å². The lowest BCUT2D eigenvalue weighted by atomic mass is 9.99. The predicted molar refractivity (Wildman–Crippen MR) is 99.1 cm³/mol. The van der Waals surface area contributed by atoms with Gasteiger partial charge in [0.15, 0.2) is 5.96 Å². The van der Waals surface area contributed by atoms with Gasteiger partial charge in [-0.2, -0.15) is 0 Å². The normalized spacial score (nSPS) is 17.7. The van der Waals surface area contributed by atoms with E-state index in [2.05, 4.69) is 41.3 Å². The van der Waals surface area contributed by atoms with Gasteiger partial charge in [-0.3, -0.25) is 4.99 Å². The van der Waals surface area contributed by atoms with Crippen molar-refractivity contribution >= 4 is 5.96 Å². The monoisotopic (exact) mass is 326 g/mol. The lowest BCUT2D eigenvalue weighted by Gasteiger charge is -2.30. The molecule has 0 spiro atoms. The van der Waals surface area contributed by atoms with Gasteiger partial charge in [0.25, 0.3) is 0 Å². The van der Waals surface area contributed by atoms with Crippen LogP contribution in [0.2, 0.25) is 0 Å². The quantitative estimate of drug-likeness (QED) is 0.367. The molecule has 0 radical (unpaired) electrons. The van der Waals surface area contributed by atoms with Gasteiger partial charge in [-0.15, -0.1) is 0 Å². The summed E-state index contributed by atoms with van der Waals surface area (Å²) >= 11 is 0. The second-order valence-electron chi connectivity index (χ2n) is 7.10. The molecular weight excluding hydrogens is 288 g/mol. The Morgan fingerprint density at radius 3 is 2.52 bits per heavy atom. The Kier molecular flexibility index (Phi) is 11.1. The van der Waals surface area contributed by atoms with Crippen molar-refractivity contribution in [1.29, 1.82) is 0 Å². The lowest BCUT2D eigenvalue weighted by Crippen LogP contribution is -2.40. The maximum Gasteiger partial charge on any atom is 0.191 e. The highest BCUT2D eigenvalue weighted by Gasteiger charge is 2.14. The van der Waals surface area contributed by atoms with E-state index in [1.165, 1.54) is 38.9 Å². The van der Waals surface area contributed by atoms with Gasteiger partial charge < -0.3 is 20.3 Å². The number of rotatable bonds is 10. The second kappa shape index (κ2) is 12.6. The third-order valence-electron chi connectivity index (χ3n) is 4.42. The van der Waals surface area contributed by atoms with Crippen LogP contribution in [0.4, 0.5) is 0 Å². The smallest absolute Gasteiger partial charge is 0.191 e. The summed E-state index contributed by atoms with van der Waals surface area (Å²) in [5.74, 6) is 2.50. The van der Waals surface area contributed by atoms with E-state index < -0.39 is 0 Å². The number of hydrogen-bond donors (Lipinski definition) is 2. The Hall–Kier alpha value is -0.810. The zero-order valence-corrected chi connectivity index (χ0v) is 15.7. The van der Waals surface area contributed by atoms with Crippen molar-refractivity contribution < 1.29 is 4.74 Å². The number of guanidine groups is 1. The summed E-state index contributed by atoms with van der Waals surface area (Å²) < 4.78 is 5.60. The Labute approximate surface area is 143 Å². The van der Waals surface area contributed by atoms with Crippen molar-refractivity contribution in [2.45, 2.75) is 46.5 Å². The molecule has 2 N–H and O–H groups in total. The summed E-state index contributed by atoms with van der Waals surface area (Å²) in [5.41, 5.74) is 0. The average molecular weight is 327 g/mol. The van der Waals surface area contributed by atoms with E-state index in [1.54, 1.807) is 0 Å². The summed E-state index contributed by atoms with van der Waals surface area (Å²) in [4.78, 5) is 6.84. The fourth-order valence-electron chi connectivity index (χ4n) is 2.68. The standard InChI is InChI=1S/C18H38N4O/c1-16(2)8-14-23-15-10-21-18(19-4)20-9-5-11-22-12-6-17(3)7-13-22/h16-17H,5-15H2,1-4H3,(H2,19,20,21). The van der Waals surface area contributed by atoms with Crippen molar-refractivity contribution in [1.82, 2.24) is 15.5 Å². The van der Waals surface area contributed by atoms with E-state index >= 15 is 0 Å². The first kappa shape index (κ1) is 20.2. The molecule has 5 nitrogen and oxygen atoms in total. The van der Waals surface area contributed by atoms with Crippen molar-refractivity contribution in [3.05, 3.63) is 0 Å². The summed E-state index contributed by atoms with van der Waals surface area (Å²) in [5, 5.41) is 6.69. The van der Waals surface area contributed by atoms with Crippen molar-refractivity contribution in [3.63, 3.8) is 0 Å². The summed E-state index contributed by atoms with van der Waals surface area (Å²) in [6.45, 7) is 13.9. The Balaban J connectivity index is 1.97. The van der Waals surface area contributed by atoms with Gasteiger partial charge in [0.1, 0.15) is 0 Å². The summed E-state index contributed by atoms with van der Waals surface area (Å²) in [6, 6.07) is 0. The van der Waals surface area contributed by atoms with Gasteiger partial charge >= 0.3 is 0 Å². The number of piperidine rings is 1. The molecule has 1 aliphatic rings. The van der Waals surface area contributed by atoms with Crippen LogP contribution in [0.5, 0.6) is 0 Å². The molecule has 0 saturated carbocycles. The van der Waals surface area contributed by atoms with E-state index in [4.69, 9.17) is 4.74 Å². The average Bonchev–Trinajstić information content (AvgIpc) is 2.54. The number of nitrogens with zero attached hydrogens (tertiary/aromatic N) is 2. The molecular formula is C18H38N4O. The van der Waals surface area contributed by atoms with Gasteiger partial charge in [0, 0.05) is 26.7 Å². The molecule has 1 fully saturated rings. The highest BCUT2D eigenvalue weighted by atomic mass is 16.5.